The van der Waals surface area contributed by atoms with Crippen LogP contribution in [0.2, 0.25) is 0 Å². The Morgan fingerprint density at radius 3 is 2.44 bits per heavy atom. The first-order valence-corrected chi connectivity index (χ1v) is 5.86. The van der Waals surface area contributed by atoms with E-state index < -0.39 is 12.0 Å². The molecule has 3 N–H and O–H groups in total. The number of amides is 1. The van der Waals surface area contributed by atoms with Crippen molar-refractivity contribution in [3.8, 4) is 0 Å². The summed E-state index contributed by atoms with van der Waals surface area (Å²) in [6.07, 6.45) is 0.443. The van der Waals surface area contributed by atoms with Crippen LogP contribution >= 0.6 is 0 Å². The van der Waals surface area contributed by atoms with Gasteiger partial charge in [0.15, 0.2) is 0 Å². The van der Waals surface area contributed by atoms with Crippen LogP contribution in [-0.2, 0) is 9.59 Å². The summed E-state index contributed by atoms with van der Waals surface area (Å²) in [4.78, 5) is 24.0. The van der Waals surface area contributed by atoms with E-state index in [-0.39, 0.29) is 12.3 Å². The molecule has 0 radical (unpaired) electrons. The number of carbonyl (C=O) groups is 2. The van der Waals surface area contributed by atoms with Gasteiger partial charge in [-0.25, -0.2) is 0 Å². The summed E-state index contributed by atoms with van der Waals surface area (Å²) < 4.78 is 0. The third kappa shape index (κ3) is 4.18. The number of aliphatic carboxylic acids is 1. The summed E-state index contributed by atoms with van der Waals surface area (Å²) in [5.41, 5.74) is 6.34. The topological polar surface area (TPSA) is 83.6 Å². The lowest BCUT2D eigenvalue weighted by atomic mass is 10.2. The van der Waals surface area contributed by atoms with E-state index in [0.29, 0.717) is 13.0 Å². The van der Waals surface area contributed by atoms with Crippen molar-refractivity contribution < 1.29 is 14.7 Å². The Kier molecular flexibility index (Phi) is 5.32. The molecule has 0 aliphatic rings. The fraction of sp³-hybridized carbons (Fsp3) is 0.385. The highest BCUT2D eigenvalue weighted by molar-refractivity contribution is 5.96. The number of carboxylic acid groups (broad SMARTS) is 1. The fourth-order valence-electron chi connectivity index (χ4n) is 1.61. The predicted molar refractivity (Wildman–Crippen MR) is 69.3 cm³/mol. The molecule has 1 amide bonds. The Hall–Kier alpha value is -1.88. The highest BCUT2D eigenvalue weighted by atomic mass is 16.4. The second-order valence-electron chi connectivity index (χ2n) is 4.11. The van der Waals surface area contributed by atoms with Gasteiger partial charge in [0.05, 0.1) is 6.04 Å². The normalized spacial score (nSPS) is 11.9. The van der Waals surface area contributed by atoms with Crippen molar-refractivity contribution in [2.24, 2.45) is 5.73 Å². The number of carboxylic acids is 1. The van der Waals surface area contributed by atoms with E-state index >= 15 is 0 Å². The predicted octanol–water partition coefficient (Wildman–Crippen LogP) is 1.23. The summed E-state index contributed by atoms with van der Waals surface area (Å²) >= 11 is 0. The second kappa shape index (κ2) is 6.76. The lowest BCUT2D eigenvalue weighted by Gasteiger charge is -2.24. The van der Waals surface area contributed by atoms with E-state index in [9.17, 15) is 9.59 Å². The molecule has 0 bridgehead atoms. The molecule has 0 unspecified atom stereocenters. The Labute approximate surface area is 106 Å². The number of carbonyl (C=O) groups excluding carboxylic acids is 1. The molecule has 0 heterocycles. The van der Waals surface area contributed by atoms with Crippen LogP contribution in [0.1, 0.15) is 19.8 Å². The molecule has 5 nitrogen and oxygen atoms in total. The lowest BCUT2D eigenvalue weighted by molar-refractivity contribution is -0.137. The third-order valence-corrected chi connectivity index (χ3v) is 2.50. The van der Waals surface area contributed by atoms with Gasteiger partial charge in [-0.15, -0.1) is 0 Å². The van der Waals surface area contributed by atoms with E-state index in [2.05, 4.69) is 0 Å². The Bertz CT molecular complexity index is 404. The van der Waals surface area contributed by atoms with Crippen LogP contribution in [-0.4, -0.2) is 29.6 Å². The highest BCUT2D eigenvalue weighted by Gasteiger charge is 2.18. The molecule has 0 fully saturated rings. The van der Waals surface area contributed by atoms with E-state index in [1.165, 1.54) is 4.90 Å². The summed E-state index contributed by atoms with van der Waals surface area (Å²) in [5, 5.41) is 8.62. The van der Waals surface area contributed by atoms with Gasteiger partial charge >= 0.3 is 5.97 Å². The molecule has 98 valence electrons. The molecule has 1 rings (SSSR count). The molecule has 0 saturated carbocycles. The Morgan fingerprint density at radius 2 is 1.94 bits per heavy atom. The van der Waals surface area contributed by atoms with E-state index in [0.717, 1.165) is 5.69 Å². The molecule has 1 aromatic rings. The number of hydrogen-bond acceptors (Lipinski definition) is 3. The molecule has 1 atom stereocenters. The molecule has 0 saturated heterocycles. The SMILES string of the molecule is C[C@H](N)C(=O)N(CCCC(=O)O)c1ccccc1. The second-order valence-corrected chi connectivity index (χ2v) is 4.11. The highest BCUT2D eigenvalue weighted by Crippen LogP contribution is 2.15. The van der Waals surface area contributed by atoms with Crippen LogP contribution in [0.5, 0.6) is 0 Å². The van der Waals surface area contributed by atoms with Crippen molar-refractivity contribution in [2.45, 2.75) is 25.8 Å². The number of rotatable bonds is 6. The van der Waals surface area contributed by atoms with Gasteiger partial charge in [-0.05, 0) is 25.5 Å². The van der Waals surface area contributed by atoms with Gasteiger partial charge in [0.2, 0.25) is 5.91 Å². The summed E-state index contributed by atoms with van der Waals surface area (Å²) in [6, 6.07) is 8.52. The molecule has 5 heteroatoms. The molecular formula is C13H18N2O3. The van der Waals surface area contributed by atoms with Crippen molar-refractivity contribution in [3.63, 3.8) is 0 Å². The third-order valence-electron chi connectivity index (χ3n) is 2.50. The van der Waals surface area contributed by atoms with Gasteiger partial charge in [-0.3, -0.25) is 9.59 Å². The number of anilines is 1. The maximum absolute atomic E-state index is 12.0. The first-order valence-electron chi connectivity index (χ1n) is 5.86. The number of para-hydroxylation sites is 1. The molecular weight excluding hydrogens is 232 g/mol. The van der Waals surface area contributed by atoms with E-state index in [1.54, 1.807) is 19.1 Å². The molecule has 0 spiro atoms. The van der Waals surface area contributed by atoms with E-state index in [4.69, 9.17) is 10.8 Å². The smallest absolute Gasteiger partial charge is 0.303 e. The first kappa shape index (κ1) is 14.2. The monoisotopic (exact) mass is 250 g/mol. The summed E-state index contributed by atoms with van der Waals surface area (Å²) in [5.74, 6) is -1.07. The molecule has 0 aliphatic heterocycles. The zero-order chi connectivity index (χ0) is 13.5. The maximum atomic E-state index is 12.0. The van der Waals surface area contributed by atoms with Crippen LogP contribution in [0.3, 0.4) is 0 Å². The van der Waals surface area contributed by atoms with Crippen LogP contribution in [0, 0.1) is 0 Å². The van der Waals surface area contributed by atoms with Crippen molar-refractivity contribution in [2.75, 3.05) is 11.4 Å². The molecule has 18 heavy (non-hydrogen) atoms. The van der Waals surface area contributed by atoms with Gasteiger partial charge in [-0.2, -0.15) is 0 Å². The first-order chi connectivity index (χ1) is 8.52. The standard InChI is InChI=1S/C13H18N2O3/c1-10(14)13(18)15(9-5-8-12(16)17)11-6-3-2-4-7-11/h2-4,6-7,10H,5,8-9,14H2,1H3,(H,16,17)/t10-/m0/s1. The van der Waals surface area contributed by atoms with Crippen molar-refractivity contribution in [1.82, 2.24) is 0 Å². The van der Waals surface area contributed by atoms with Crippen molar-refractivity contribution >= 4 is 17.6 Å². The molecule has 0 aromatic heterocycles. The minimum atomic E-state index is -0.865. The minimum absolute atomic E-state index is 0.0373. The average molecular weight is 250 g/mol. The van der Waals surface area contributed by atoms with Crippen LogP contribution in [0.4, 0.5) is 5.69 Å². The van der Waals surface area contributed by atoms with Gasteiger partial charge in [0.1, 0.15) is 0 Å². The summed E-state index contributed by atoms with van der Waals surface area (Å²) in [6.45, 7) is 1.98. The Morgan fingerprint density at radius 1 is 1.33 bits per heavy atom. The van der Waals surface area contributed by atoms with Crippen LogP contribution in [0.15, 0.2) is 30.3 Å². The van der Waals surface area contributed by atoms with E-state index in [1.807, 2.05) is 18.2 Å². The van der Waals surface area contributed by atoms with Gasteiger partial charge in [0, 0.05) is 18.7 Å². The van der Waals surface area contributed by atoms with Crippen LogP contribution in [0.25, 0.3) is 0 Å². The number of nitrogens with zero attached hydrogens (tertiary/aromatic N) is 1. The van der Waals surface area contributed by atoms with Crippen LogP contribution < -0.4 is 10.6 Å². The average Bonchev–Trinajstić information content (AvgIpc) is 2.34. The lowest BCUT2D eigenvalue weighted by Crippen LogP contribution is -2.42. The van der Waals surface area contributed by atoms with Crippen molar-refractivity contribution in [1.29, 1.82) is 0 Å². The van der Waals surface area contributed by atoms with Gasteiger partial charge < -0.3 is 15.7 Å². The largest absolute Gasteiger partial charge is 0.481 e. The van der Waals surface area contributed by atoms with Gasteiger partial charge in [-0.1, -0.05) is 18.2 Å². The summed E-state index contributed by atoms with van der Waals surface area (Å²) in [7, 11) is 0. The van der Waals surface area contributed by atoms with Crippen molar-refractivity contribution in [3.05, 3.63) is 30.3 Å². The number of hydrogen-bond donors (Lipinski definition) is 2. The van der Waals surface area contributed by atoms with Gasteiger partial charge in [0.25, 0.3) is 0 Å². The minimum Gasteiger partial charge on any atom is -0.481 e. The maximum Gasteiger partial charge on any atom is 0.303 e. The number of nitrogens with two attached hydrogens (primary N) is 1. The zero-order valence-corrected chi connectivity index (χ0v) is 10.4. The molecule has 1 aromatic carbocycles. The zero-order valence-electron chi connectivity index (χ0n) is 10.4. The quantitative estimate of drug-likeness (QED) is 0.795. The fourth-order valence-corrected chi connectivity index (χ4v) is 1.61. The number of benzene rings is 1. The molecule has 0 aliphatic carbocycles. The Balaban J connectivity index is 2.76.